The molecule has 8 heteroatoms. The van der Waals surface area contributed by atoms with E-state index in [0.29, 0.717) is 16.8 Å². The van der Waals surface area contributed by atoms with Crippen LogP contribution in [0.4, 0.5) is 11.4 Å². The van der Waals surface area contributed by atoms with Crippen molar-refractivity contribution in [3.63, 3.8) is 0 Å². The van der Waals surface area contributed by atoms with Crippen molar-refractivity contribution in [3.05, 3.63) is 93.0 Å². The number of methoxy groups -OCH3 is 2. The third-order valence-electron chi connectivity index (χ3n) is 5.47. The normalized spacial score (nSPS) is 14.3. The number of nitro groups is 1. The molecule has 0 bridgehead atoms. The zero-order valence-electron chi connectivity index (χ0n) is 18.2. The van der Waals surface area contributed by atoms with Crippen LogP contribution in [0, 0.1) is 17.0 Å². The van der Waals surface area contributed by atoms with Gasteiger partial charge in [0, 0.05) is 11.1 Å². The minimum atomic E-state index is -0.572. The Kier molecular flexibility index (Phi) is 5.66. The number of aryl methyl sites for hydroxylation is 1. The fraction of sp³-hybridized carbons (Fsp3) is 0.120. The molecule has 0 atom stereocenters. The molecule has 0 unspecified atom stereocenters. The Bertz CT molecular complexity index is 1330. The predicted molar refractivity (Wildman–Crippen MR) is 124 cm³/mol. The topological polar surface area (TPSA) is 99.0 Å². The van der Waals surface area contributed by atoms with E-state index in [1.54, 1.807) is 49.4 Å². The summed E-state index contributed by atoms with van der Waals surface area (Å²) < 4.78 is 10.5. The average molecular weight is 444 g/mol. The van der Waals surface area contributed by atoms with Crippen LogP contribution in [0.1, 0.15) is 27.0 Å². The first-order valence-electron chi connectivity index (χ1n) is 10.0. The maximum absolute atomic E-state index is 13.6. The number of amides is 2. The van der Waals surface area contributed by atoms with Gasteiger partial charge in [-0.05, 0) is 42.3 Å². The van der Waals surface area contributed by atoms with Crippen LogP contribution >= 0.6 is 0 Å². The fourth-order valence-corrected chi connectivity index (χ4v) is 3.84. The van der Waals surface area contributed by atoms with E-state index in [-0.39, 0.29) is 28.3 Å². The van der Waals surface area contributed by atoms with Crippen molar-refractivity contribution in [1.82, 2.24) is 0 Å². The van der Waals surface area contributed by atoms with Crippen molar-refractivity contribution >= 4 is 34.8 Å². The van der Waals surface area contributed by atoms with Crippen molar-refractivity contribution in [1.29, 1.82) is 0 Å². The minimum Gasteiger partial charge on any atom is -0.493 e. The van der Waals surface area contributed by atoms with E-state index in [2.05, 4.69) is 0 Å². The summed E-state index contributed by atoms with van der Waals surface area (Å²) in [4.78, 5) is 39.2. The van der Waals surface area contributed by atoms with Gasteiger partial charge in [-0.25, -0.2) is 4.90 Å². The molecule has 0 fully saturated rings. The predicted octanol–water partition coefficient (Wildman–Crippen LogP) is 4.65. The Morgan fingerprint density at radius 3 is 2.12 bits per heavy atom. The first kappa shape index (κ1) is 21.8. The number of para-hydroxylation sites is 1. The Morgan fingerprint density at radius 1 is 0.879 bits per heavy atom. The average Bonchev–Trinajstić information content (AvgIpc) is 2.82. The summed E-state index contributed by atoms with van der Waals surface area (Å²) in [5, 5.41) is 11.8. The smallest absolute Gasteiger partial charge is 0.280 e. The molecule has 0 aliphatic carbocycles. The lowest BCUT2D eigenvalue weighted by atomic mass is 9.91. The van der Waals surface area contributed by atoms with Crippen LogP contribution in [0.25, 0.3) is 11.6 Å². The number of carbonyl (C=O) groups excluding carboxylic acids is 2. The summed E-state index contributed by atoms with van der Waals surface area (Å²) in [7, 11) is 2.80. The number of ether oxygens (including phenoxy) is 2. The van der Waals surface area contributed by atoms with Gasteiger partial charge in [-0.1, -0.05) is 36.4 Å². The van der Waals surface area contributed by atoms with E-state index in [0.717, 1.165) is 10.5 Å². The van der Waals surface area contributed by atoms with Gasteiger partial charge in [-0.2, -0.15) is 0 Å². The molecule has 0 spiro atoms. The summed E-state index contributed by atoms with van der Waals surface area (Å²) in [6.45, 7) is 1.80. The second kappa shape index (κ2) is 8.58. The van der Waals surface area contributed by atoms with Crippen LogP contribution in [-0.4, -0.2) is 31.0 Å². The molecule has 1 aliphatic rings. The highest BCUT2D eigenvalue weighted by molar-refractivity contribution is 6.43. The summed E-state index contributed by atoms with van der Waals surface area (Å²) in [5.74, 6) is -0.558. The summed E-state index contributed by atoms with van der Waals surface area (Å²) in [6, 6.07) is 16.4. The SMILES string of the molecule is COc1cc(/C=C2/C(=O)N(c3ccccc3C)C(=O)c3ccccc32)c([N+](=O)[O-])cc1OC. The van der Waals surface area contributed by atoms with E-state index < -0.39 is 16.7 Å². The molecular weight excluding hydrogens is 424 g/mol. The van der Waals surface area contributed by atoms with Crippen molar-refractivity contribution in [3.8, 4) is 11.5 Å². The highest BCUT2D eigenvalue weighted by Gasteiger charge is 2.36. The van der Waals surface area contributed by atoms with E-state index in [9.17, 15) is 19.7 Å². The van der Waals surface area contributed by atoms with E-state index >= 15 is 0 Å². The Balaban J connectivity index is 1.98. The van der Waals surface area contributed by atoms with E-state index in [1.807, 2.05) is 6.07 Å². The molecule has 1 aliphatic heterocycles. The van der Waals surface area contributed by atoms with Crippen molar-refractivity contribution in [2.45, 2.75) is 6.92 Å². The molecular formula is C25H20N2O6. The van der Waals surface area contributed by atoms with Gasteiger partial charge in [0.1, 0.15) is 0 Å². The molecule has 0 aromatic heterocycles. The Labute approximate surface area is 189 Å². The van der Waals surface area contributed by atoms with Gasteiger partial charge >= 0.3 is 0 Å². The number of imide groups is 1. The first-order valence-corrected chi connectivity index (χ1v) is 10.0. The maximum atomic E-state index is 13.6. The molecule has 4 rings (SSSR count). The minimum absolute atomic E-state index is 0.148. The van der Waals surface area contributed by atoms with Gasteiger partial charge in [0.2, 0.25) is 0 Å². The number of nitrogens with zero attached hydrogens (tertiary/aromatic N) is 2. The number of rotatable bonds is 5. The zero-order valence-corrected chi connectivity index (χ0v) is 18.2. The van der Waals surface area contributed by atoms with Crippen LogP contribution in [0.5, 0.6) is 11.5 Å². The van der Waals surface area contributed by atoms with Crippen LogP contribution in [0.15, 0.2) is 60.7 Å². The van der Waals surface area contributed by atoms with Crippen LogP contribution in [0.3, 0.4) is 0 Å². The molecule has 3 aromatic rings. The van der Waals surface area contributed by atoms with Gasteiger partial charge in [-0.15, -0.1) is 0 Å². The van der Waals surface area contributed by atoms with Gasteiger partial charge in [-0.3, -0.25) is 19.7 Å². The van der Waals surface area contributed by atoms with Crippen molar-refractivity contribution in [2.75, 3.05) is 19.1 Å². The van der Waals surface area contributed by atoms with Crippen molar-refractivity contribution in [2.24, 2.45) is 0 Å². The van der Waals surface area contributed by atoms with Gasteiger partial charge in [0.25, 0.3) is 17.5 Å². The summed E-state index contributed by atoms with van der Waals surface area (Å²) in [5.41, 5.74) is 1.98. The first-order chi connectivity index (χ1) is 15.9. The highest BCUT2D eigenvalue weighted by Crippen LogP contribution is 2.39. The number of benzene rings is 3. The molecule has 0 saturated carbocycles. The number of hydrogen-bond acceptors (Lipinski definition) is 6. The molecule has 2 amide bonds. The number of carbonyl (C=O) groups is 2. The molecule has 8 nitrogen and oxygen atoms in total. The molecule has 166 valence electrons. The lowest BCUT2D eigenvalue weighted by Crippen LogP contribution is -2.42. The maximum Gasteiger partial charge on any atom is 0.280 e. The molecule has 0 N–H and O–H groups in total. The quantitative estimate of drug-likeness (QED) is 0.246. The van der Waals surface area contributed by atoms with E-state index in [1.165, 1.54) is 32.4 Å². The number of nitro benzene ring substituents is 1. The second-order valence-electron chi connectivity index (χ2n) is 7.36. The molecule has 0 radical (unpaired) electrons. The second-order valence-corrected chi connectivity index (χ2v) is 7.36. The van der Waals surface area contributed by atoms with Crippen LogP contribution < -0.4 is 14.4 Å². The summed E-state index contributed by atoms with van der Waals surface area (Å²) in [6.07, 6.45) is 1.42. The van der Waals surface area contributed by atoms with Crippen LogP contribution in [-0.2, 0) is 4.79 Å². The highest BCUT2D eigenvalue weighted by atomic mass is 16.6. The zero-order chi connectivity index (χ0) is 23.7. The molecule has 0 saturated heterocycles. The van der Waals surface area contributed by atoms with Gasteiger partial charge in [0.15, 0.2) is 11.5 Å². The Morgan fingerprint density at radius 2 is 1.48 bits per heavy atom. The number of fused-ring (bicyclic) bond motifs is 1. The Hall–Kier alpha value is -4.46. The monoisotopic (exact) mass is 444 g/mol. The lowest BCUT2D eigenvalue weighted by molar-refractivity contribution is -0.385. The molecule has 3 aromatic carbocycles. The van der Waals surface area contributed by atoms with E-state index in [4.69, 9.17) is 9.47 Å². The van der Waals surface area contributed by atoms with Gasteiger partial charge in [0.05, 0.1) is 36.5 Å². The van der Waals surface area contributed by atoms with Crippen molar-refractivity contribution < 1.29 is 24.0 Å². The molecule has 1 heterocycles. The van der Waals surface area contributed by atoms with Crippen LogP contribution in [0.2, 0.25) is 0 Å². The third kappa shape index (κ3) is 3.71. The van der Waals surface area contributed by atoms with Gasteiger partial charge < -0.3 is 9.47 Å². The molecule has 33 heavy (non-hydrogen) atoms. The largest absolute Gasteiger partial charge is 0.493 e. The number of anilines is 1. The number of hydrogen-bond donors (Lipinski definition) is 0. The third-order valence-corrected chi connectivity index (χ3v) is 5.47. The lowest BCUT2D eigenvalue weighted by Gasteiger charge is -2.29. The fourth-order valence-electron chi connectivity index (χ4n) is 3.84. The standard InChI is InChI=1S/C25H20N2O6/c1-15-8-4-7-11-20(15)26-24(28)18-10-6-5-9-17(18)19(25(26)29)12-16-13-22(32-2)23(33-3)14-21(16)27(30)31/h4-14H,1-3H3/b19-12+. The summed E-state index contributed by atoms with van der Waals surface area (Å²) >= 11 is 0.